The number of amides is 1. The number of rotatable bonds is 2. The van der Waals surface area contributed by atoms with Gasteiger partial charge in [0.25, 0.3) is 5.91 Å². The van der Waals surface area contributed by atoms with Crippen LogP contribution in [0.15, 0.2) is 24.4 Å². The summed E-state index contributed by atoms with van der Waals surface area (Å²) >= 11 is 0. The van der Waals surface area contributed by atoms with Crippen LogP contribution in [-0.2, 0) is 26.1 Å². The van der Waals surface area contributed by atoms with Crippen molar-refractivity contribution >= 4 is 11.6 Å². The lowest BCUT2D eigenvalue weighted by Gasteiger charge is -2.08. The number of halogens is 3. The van der Waals surface area contributed by atoms with Crippen LogP contribution in [0, 0.1) is 0 Å². The third kappa shape index (κ3) is 2.70. The van der Waals surface area contributed by atoms with E-state index in [4.69, 9.17) is 0 Å². The Morgan fingerprint density at radius 1 is 1.27 bits per heavy atom. The van der Waals surface area contributed by atoms with Crippen LogP contribution in [0.3, 0.4) is 0 Å². The highest BCUT2D eigenvalue weighted by Crippen LogP contribution is 2.31. The van der Waals surface area contributed by atoms with Gasteiger partial charge in [0.1, 0.15) is 0 Å². The zero-order valence-corrected chi connectivity index (χ0v) is 11.9. The smallest absolute Gasteiger partial charge is 0.322 e. The van der Waals surface area contributed by atoms with Crippen molar-refractivity contribution < 1.29 is 18.0 Å². The first-order valence-corrected chi connectivity index (χ1v) is 6.88. The van der Waals surface area contributed by atoms with Crippen LogP contribution in [0.4, 0.5) is 18.9 Å². The lowest BCUT2D eigenvalue weighted by atomic mass is 10.1. The second-order valence-electron chi connectivity index (χ2n) is 5.35. The van der Waals surface area contributed by atoms with E-state index in [2.05, 4.69) is 10.4 Å². The zero-order chi connectivity index (χ0) is 15.9. The molecule has 0 unspecified atom stereocenters. The summed E-state index contributed by atoms with van der Waals surface area (Å²) in [7, 11) is 1.35. The molecule has 0 saturated carbocycles. The highest BCUT2D eigenvalue weighted by molar-refractivity contribution is 6.05. The number of aryl methyl sites for hydroxylation is 3. The number of carbonyl (C=O) groups is 1. The number of alkyl halides is 3. The second kappa shape index (κ2) is 5.15. The minimum absolute atomic E-state index is 0.476. The van der Waals surface area contributed by atoms with E-state index in [0.29, 0.717) is 5.69 Å². The monoisotopic (exact) mass is 309 g/mol. The van der Waals surface area contributed by atoms with Gasteiger partial charge in [-0.05, 0) is 42.5 Å². The van der Waals surface area contributed by atoms with Crippen LogP contribution in [0.1, 0.15) is 33.6 Å². The van der Waals surface area contributed by atoms with Gasteiger partial charge in [0, 0.05) is 18.9 Å². The van der Waals surface area contributed by atoms with Gasteiger partial charge in [0.05, 0.1) is 5.56 Å². The van der Waals surface area contributed by atoms with Crippen LogP contribution >= 0.6 is 0 Å². The Hall–Kier alpha value is -2.31. The number of nitrogens with zero attached hydrogens (tertiary/aromatic N) is 2. The summed E-state index contributed by atoms with van der Waals surface area (Å²) in [6, 6.07) is 5.45. The first-order valence-electron chi connectivity index (χ1n) is 6.88. The molecule has 1 aliphatic rings. The molecule has 0 aliphatic heterocycles. The van der Waals surface area contributed by atoms with Crippen molar-refractivity contribution in [3.8, 4) is 0 Å². The number of hydrogen-bond donors (Lipinski definition) is 1. The number of fused-ring (bicyclic) bond motifs is 1. The maximum Gasteiger partial charge on any atom is 0.435 e. The lowest BCUT2D eigenvalue weighted by Crippen LogP contribution is -2.17. The van der Waals surface area contributed by atoms with Gasteiger partial charge in [-0.3, -0.25) is 9.48 Å². The molecule has 1 amide bonds. The van der Waals surface area contributed by atoms with Gasteiger partial charge in [-0.25, -0.2) is 0 Å². The van der Waals surface area contributed by atoms with Crippen LogP contribution < -0.4 is 5.32 Å². The fourth-order valence-electron chi connectivity index (χ4n) is 2.71. The van der Waals surface area contributed by atoms with Crippen LogP contribution in [-0.4, -0.2) is 15.7 Å². The molecule has 0 bridgehead atoms. The Kier molecular flexibility index (Phi) is 3.42. The largest absolute Gasteiger partial charge is 0.435 e. The van der Waals surface area contributed by atoms with E-state index in [1.165, 1.54) is 12.6 Å². The molecule has 4 nitrogen and oxygen atoms in total. The predicted octanol–water partition coefficient (Wildman–Crippen LogP) is 3.18. The number of nitrogens with one attached hydrogen (secondary N) is 1. The van der Waals surface area contributed by atoms with Crippen molar-refractivity contribution in [1.82, 2.24) is 9.78 Å². The molecule has 0 spiro atoms. The normalized spacial score (nSPS) is 14.0. The van der Waals surface area contributed by atoms with E-state index in [1.807, 2.05) is 12.1 Å². The molecule has 1 aromatic carbocycles. The molecular weight excluding hydrogens is 295 g/mol. The van der Waals surface area contributed by atoms with Gasteiger partial charge in [-0.1, -0.05) is 6.07 Å². The topological polar surface area (TPSA) is 46.9 Å². The Labute approximate surface area is 124 Å². The highest BCUT2D eigenvalue weighted by atomic mass is 19.4. The predicted molar refractivity (Wildman–Crippen MR) is 74.6 cm³/mol. The van der Waals surface area contributed by atoms with E-state index in [0.717, 1.165) is 35.7 Å². The van der Waals surface area contributed by atoms with Crippen LogP contribution in [0.25, 0.3) is 0 Å². The molecule has 7 heteroatoms. The summed E-state index contributed by atoms with van der Waals surface area (Å²) in [5.41, 5.74) is 1.22. The third-order valence-corrected chi connectivity index (χ3v) is 3.70. The average Bonchev–Trinajstić information content (AvgIpc) is 3.03. The summed E-state index contributed by atoms with van der Waals surface area (Å²) in [5.74, 6) is -0.807. The number of aromatic nitrogens is 2. The van der Waals surface area contributed by atoms with Crippen molar-refractivity contribution in [2.75, 3.05) is 5.32 Å². The Bertz CT molecular complexity index is 734. The quantitative estimate of drug-likeness (QED) is 0.926. The fourth-order valence-corrected chi connectivity index (χ4v) is 2.71. The first-order chi connectivity index (χ1) is 10.3. The van der Waals surface area contributed by atoms with Gasteiger partial charge >= 0.3 is 6.18 Å². The van der Waals surface area contributed by atoms with Gasteiger partial charge < -0.3 is 5.32 Å². The molecule has 1 N–H and O–H groups in total. The van der Waals surface area contributed by atoms with Gasteiger partial charge in [0.15, 0.2) is 5.69 Å². The first kappa shape index (κ1) is 14.6. The van der Waals surface area contributed by atoms with Crippen molar-refractivity contribution in [1.29, 1.82) is 0 Å². The Balaban J connectivity index is 1.86. The molecule has 3 rings (SSSR count). The standard InChI is InChI=1S/C15H14F3N3O/c1-21-8-12(13(20-21)15(16,17)18)14(22)19-11-6-5-9-3-2-4-10(9)7-11/h5-8H,2-4H2,1H3,(H,19,22). The van der Waals surface area contributed by atoms with E-state index in [1.54, 1.807) is 6.07 Å². The number of benzene rings is 1. The lowest BCUT2D eigenvalue weighted by molar-refractivity contribution is -0.141. The summed E-state index contributed by atoms with van der Waals surface area (Å²) in [5, 5.41) is 5.85. The molecule has 0 saturated heterocycles. The molecule has 1 aromatic heterocycles. The van der Waals surface area contributed by atoms with Gasteiger partial charge in [-0.15, -0.1) is 0 Å². The van der Waals surface area contributed by atoms with Crippen molar-refractivity contribution in [3.63, 3.8) is 0 Å². The van der Waals surface area contributed by atoms with E-state index in [-0.39, 0.29) is 0 Å². The number of anilines is 1. The molecule has 1 heterocycles. The molecule has 22 heavy (non-hydrogen) atoms. The second-order valence-corrected chi connectivity index (χ2v) is 5.35. The maximum absolute atomic E-state index is 12.9. The molecule has 1 aliphatic carbocycles. The molecule has 0 radical (unpaired) electrons. The zero-order valence-electron chi connectivity index (χ0n) is 11.9. The van der Waals surface area contributed by atoms with Crippen molar-refractivity contribution in [2.45, 2.75) is 25.4 Å². The minimum atomic E-state index is -4.66. The fraction of sp³-hybridized carbons (Fsp3) is 0.333. The van der Waals surface area contributed by atoms with Crippen molar-refractivity contribution in [3.05, 3.63) is 46.8 Å². The Morgan fingerprint density at radius 3 is 2.73 bits per heavy atom. The average molecular weight is 309 g/mol. The van der Waals surface area contributed by atoms with Gasteiger partial charge in [0.2, 0.25) is 0 Å². The number of carbonyl (C=O) groups excluding carboxylic acids is 1. The summed E-state index contributed by atoms with van der Waals surface area (Å²) in [6.45, 7) is 0. The minimum Gasteiger partial charge on any atom is -0.322 e. The SMILES string of the molecule is Cn1cc(C(=O)Nc2ccc3c(c2)CCC3)c(C(F)(F)F)n1. The van der Waals surface area contributed by atoms with E-state index in [9.17, 15) is 18.0 Å². The summed E-state index contributed by atoms with van der Waals surface area (Å²) < 4.78 is 39.6. The van der Waals surface area contributed by atoms with Crippen LogP contribution in [0.5, 0.6) is 0 Å². The summed E-state index contributed by atoms with van der Waals surface area (Å²) in [6.07, 6.45) is -0.588. The molecule has 2 aromatic rings. The Morgan fingerprint density at radius 2 is 2.00 bits per heavy atom. The molecule has 0 fully saturated rings. The molecule has 0 atom stereocenters. The van der Waals surface area contributed by atoms with E-state index < -0.39 is 23.3 Å². The van der Waals surface area contributed by atoms with Crippen LogP contribution in [0.2, 0.25) is 0 Å². The third-order valence-electron chi connectivity index (χ3n) is 3.70. The van der Waals surface area contributed by atoms with Crippen molar-refractivity contribution in [2.24, 2.45) is 7.05 Å². The highest BCUT2D eigenvalue weighted by Gasteiger charge is 2.39. The molecular formula is C15H14F3N3O. The van der Waals surface area contributed by atoms with Gasteiger partial charge in [-0.2, -0.15) is 18.3 Å². The summed E-state index contributed by atoms with van der Waals surface area (Å²) in [4.78, 5) is 12.1. The maximum atomic E-state index is 12.9. The molecule has 116 valence electrons. The van der Waals surface area contributed by atoms with E-state index >= 15 is 0 Å². The number of hydrogen-bond acceptors (Lipinski definition) is 2.